The topological polar surface area (TPSA) is 75.3 Å². The first kappa shape index (κ1) is 20.5. The third-order valence-corrected chi connectivity index (χ3v) is 7.90. The molecule has 0 bridgehead atoms. The van der Waals surface area contributed by atoms with Gasteiger partial charge in [-0.05, 0) is 56.5 Å². The minimum absolute atomic E-state index is 0. The molecule has 1 aliphatic heterocycles. The molecule has 140 valence electrons. The van der Waals surface area contributed by atoms with E-state index in [4.69, 9.17) is 11.6 Å². The van der Waals surface area contributed by atoms with Crippen molar-refractivity contribution >= 4 is 39.8 Å². The van der Waals surface area contributed by atoms with Crippen LogP contribution >= 0.6 is 24.0 Å². The van der Waals surface area contributed by atoms with Crippen molar-refractivity contribution in [2.45, 2.75) is 54.2 Å². The first-order chi connectivity index (χ1) is 11.5. The lowest BCUT2D eigenvalue weighted by Crippen LogP contribution is -2.52. The van der Waals surface area contributed by atoms with E-state index < -0.39 is 14.6 Å². The Morgan fingerprint density at radius 1 is 1.20 bits per heavy atom. The molecule has 2 aliphatic rings. The van der Waals surface area contributed by atoms with Gasteiger partial charge in [-0.25, -0.2) is 8.42 Å². The molecule has 1 aromatic carbocycles. The van der Waals surface area contributed by atoms with Gasteiger partial charge in [0.1, 0.15) is 0 Å². The summed E-state index contributed by atoms with van der Waals surface area (Å²) in [7, 11) is -3.75. The summed E-state index contributed by atoms with van der Waals surface area (Å²) in [5, 5.41) is 6.68. The second kappa shape index (κ2) is 8.25. The zero-order chi connectivity index (χ0) is 17.2. The minimum atomic E-state index is -3.75. The molecule has 0 aromatic heterocycles. The van der Waals surface area contributed by atoms with Gasteiger partial charge in [0, 0.05) is 17.6 Å². The van der Waals surface area contributed by atoms with E-state index in [0.29, 0.717) is 24.4 Å². The molecule has 1 atom stereocenters. The zero-order valence-electron chi connectivity index (χ0n) is 14.0. The van der Waals surface area contributed by atoms with Crippen molar-refractivity contribution in [2.24, 2.45) is 0 Å². The Bertz CT molecular complexity index is 695. The lowest BCUT2D eigenvalue weighted by atomic mass is 10.1. The van der Waals surface area contributed by atoms with E-state index in [-0.39, 0.29) is 29.3 Å². The van der Waals surface area contributed by atoms with Crippen LogP contribution in [0.3, 0.4) is 0 Å². The van der Waals surface area contributed by atoms with Gasteiger partial charge >= 0.3 is 0 Å². The van der Waals surface area contributed by atoms with Crippen LogP contribution in [0.1, 0.15) is 38.5 Å². The quantitative estimate of drug-likeness (QED) is 0.787. The normalized spacial score (nSPS) is 22.4. The SMILES string of the molecule is Cl.O=C(NCC1CCCN1)C1(S(=O)(=O)c2ccc(Cl)cc2)CCCC1. The lowest BCUT2D eigenvalue weighted by molar-refractivity contribution is -0.123. The second-order valence-electron chi connectivity index (χ2n) is 6.66. The first-order valence-corrected chi connectivity index (χ1v) is 10.3. The number of carbonyl (C=O) groups is 1. The molecule has 1 aromatic rings. The maximum absolute atomic E-state index is 13.2. The molecule has 1 amide bonds. The Kier molecular flexibility index (Phi) is 6.76. The van der Waals surface area contributed by atoms with Crippen LogP contribution in [0.2, 0.25) is 5.02 Å². The standard InChI is InChI=1S/C17H23ClN2O3S.ClH/c18-13-5-7-15(8-6-13)24(22,23)17(9-1-2-10-17)16(21)20-12-14-4-3-11-19-14;/h5-8,14,19H,1-4,9-12H2,(H,20,21);1H. The van der Waals surface area contributed by atoms with Gasteiger partial charge in [-0.1, -0.05) is 24.4 Å². The minimum Gasteiger partial charge on any atom is -0.353 e. The van der Waals surface area contributed by atoms with E-state index in [1.54, 1.807) is 12.1 Å². The van der Waals surface area contributed by atoms with Crippen LogP contribution in [0, 0.1) is 0 Å². The van der Waals surface area contributed by atoms with Crippen molar-refractivity contribution in [1.29, 1.82) is 0 Å². The highest BCUT2D eigenvalue weighted by Gasteiger charge is 2.52. The first-order valence-electron chi connectivity index (χ1n) is 8.48. The zero-order valence-corrected chi connectivity index (χ0v) is 16.4. The summed E-state index contributed by atoms with van der Waals surface area (Å²) in [6.45, 7) is 1.44. The summed E-state index contributed by atoms with van der Waals surface area (Å²) in [4.78, 5) is 13.0. The van der Waals surface area contributed by atoms with Crippen molar-refractivity contribution in [1.82, 2.24) is 10.6 Å². The Labute approximate surface area is 160 Å². The average Bonchev–Trinajstić information content (AvgIpc) is 3.25. The molecule has 1 aliphatic carbocycles. The van der Waals surface area contributed by atoms with Crippen molar-refractivity contribution < 1.29 is 13.2 Å². The fourth-order valence-electron chi connectivity index (χ4n) is 3.71. The monoisotopic (exact) mass is 406 g/mol. The highest BCUT2D eigenvalue weighted by molar-refractivity contribution is 7.93. The molecule has 3 rings (SSSR count). The van der Waals surface area contributed by atoms with Gasteiger partial charge < -0.3 is 10.6 Å². The molecule has 25 heavy (non-hydrogen) atoms. The summed E-state index contributed by atoms with van der Waals surface area (Å²) in [5.74, 6) is -0.358. The summed E-state index contributed by atoms with van der Waals surface area (Å²) >= 11 is 5.86. The van der Waals surface area contributed by atoms with Gasteiger partial charge in [0.15, 0.2) is 14.6 Å². The van der Waals surface area contributed by atoms with Gasteiger partial charge in [0.2, 0.25) is 5.91 Å². The van der Waals surface area contributed by atoms with E-state index >= 15 is 0 Å². The Hall–Kier alpha value is -0.820. The molecule has 0 spiro atoms. The van der Waals surface area contributed by atoms with Crippen molar-refractivity contribution in [3.63, 3.8) is 0 Å². The highest BCUT2D eigenvalue weighted by atomic mass is 35.5. The largest absolute Gasteiger partial charge is 0.353 e. The van der Waals surface area contributed by atoms with Gasteiger partial charge in [-0.3, -0.25) is 4.79 Å². The van der Waals surface area contributed by atoms with Gasteiger partial charge in [-0.15, -0.1) is 12.4 Å². The number of nitrogens with one attached hydrogen (secondary N) is 2. The molecule has 8 heteroatoms. The molecule has 1 heterocycles. The van der Waals surface area contributed by atoms with E-state index in [0.717, 1.165) is 32.2 Å². The average molecular weight is 407 g/mol. The molecule has 0 radical (unpaired) electrons. The number of carbonyl (C=O) groups excluding carboxylic acids is 1. The van der Waals surface area contributed by atoms with E-state index in [1.165, 1.54) is 12.1 Å². The number of halogens is 2. The molecule has 2 N–H and O–H groups in total. The molecule has 1 saturated heterocycles. The van der Waals surface area contributed by atoms with Crippen molar-refractivity contribution in [2.75, 3.05) is 13.1 Å². The third kappa shape index (κ3) is 3.97. The Morgan fingerprint density at radius 3 is 2.40 bits per heavy atom. The number of benzene rings is 1. The highest BCUT2D eigenvalue weighted by Crippen LogP contribution is 2.41. The van der Waals surface area contributed by atoms with E-state index in [2.05, 4.69) is 10.6 Å². The molecule has 1 unspecified atom stereocenters. The number of hydrogen-bond donors (Lipinski definition) is 2. The number of amides is 1. The van der Waals surface area contributed by atoms with Crippen molar-refractivity contribution in [3.05, 3.63) is 29.3 Å². The van der Waals surface area contributed by atoms with Crippen molar-refractivity contribution in [3.8, 4) is 0 Å². The van der Waals surface area contributed by atoms with Gasteiger partial charge in [0.05, 0.1) is 4.90 Å². The lowest BCUT2D eigenvalue weighted by Gasteiger charge is -2.28. The summed E-state index contributed by atoms with van der Waals surface area (Å²) in [6, 6.07) is 6.33. The maximum Gasteiger partial charge on any atom is 0.241 e. The molecule has 2 fully saturated rings. The smallest absolute Gasteiger partial charge is 0.241 e. The van der Waals surface area contributed by atoms with Crippen LogP contribution in [0.5, 0.6) is 0 Å². The fourth-order valence-corrected chi connectivity index (χ4v) is 5.93. The van der Waals surface area contributed by atoms with Crippen LogP contribution in [0.15, 0.2) is 29.2 Å². The Morgan fingerprint density at radius 2 is 1.84 bits per heavy atom. The van der Waals surface area contributed by atoms with E-state index in [9.17, 15) is 13.2 Å². The van der Waals surface area contributed by atoms with Crippen LogP contribution in [-0.2, 0) is 14.6 Å². The fraction of sp³-hybridized carbons (Fsp3) is 0.588. The number of hydrogen-bond acceptors (Lipinski definition) is 4. The maximum atomic E-state index is 13.2. The van der Waals surface area contributed by atoms with Gasteiger partial charge in [-0.2, -0.15) is 0 Å². The van der Waals surface area contributed by atoms with Gasteiger partial charge in [0.25, 0.3) is 0 Å². The predicted octanol–water partition coefficient (Wildman–Crippen LogP) is 2.72. The number of rotatable bonds is 5. The van der Waals surface area contributed by atoms with Crippen LogP contribution in [-0.4, -0.2) is 38.2 Å². The summed E-state index contributed by atoms with van der Waals surface area (Å²) < 4.78 is 25.0. The third-order valence-electron chi connectivity index (χ3n) is 5.13. The number of sulfone groups is 1. The summed E-state index contributed by atoms with van der Waals surface area (Å²) in [6.07, 6.45) is 4.36. The molecular formula is C17H24Cl2N2O3S. The Balaban J connectivity index is 0.00000225. The van der Waals surface area contributed by atoms with Crippen LogP contribution in [0.25, 0.3) is 0 Å². The molecule has 1 saturated carbocycles. The second-order valence-corrected chi connectivity index (χ2v) is 9.36. The summed E-state index contributed by atoms with van der Waals surface area (Å²) in [5.41, 5.74) is 0. The molecular weight excluding hydrogens is 383 g/mol. The van der Waals surface area contributed by atoms with Crippen LogP contribution in [0.4, 0.5) is 0 Å². The van der Waals surface area contributed by atoms with Crippen LogP contribution < -0.4 is 10.6 Å². The predicted molar refractivity (Wildman–Crippen MR) is 101 cm³/mol. The molecule has 5 nitrogen and oxygen atoms in total. The van der Waals surface area contributed by atoms with E-state index in [1.807, 2.05) is 0 Å².